The van der Waals surface area contributed by atoms with Crippen molar-refractivity contribution in [1.82, 2.24) is 5.32 Å². The van der Waals surface area contributed by atoms with E-state index in [1.54, 1.807) is 0 Å². The Bertz CT molecular complexity index is 201. The molecule has 0 amide bonds. The van der Waals surface area contributed by atoms with E-state index in [0.717, 1.165) is 12.1 Å². The molecule has 1 atom stereocenters. The van der Waals surface area contributed by atoms with Crippen molar-refractivity contribution in [2.24, 2.45) is 5.41 Å². The molecule has 0 radical (unpaired) electrons. The Hall–Kier alpha value is -0.0400. The van der Waals surface area contributed by atoms with Crippen molar-refractivity contribution in [3.8, 4) is 0 Å². The fourth-order valence-electron chi connectivity index (χ4n) is 3.53. The Kier molecular flexibility index (Phi) is 4.29. The molecule has 0 aromatic carbocycles. The first-order valence-corrected chi connectivity index (χ1v) is 7.42. The minimum Gasteiger partial charge on any atom is -0.311 e. The van der Waals surface area contributed by atoms with E-state index in [9.17, 15) is 0 Å². The van der Waals surface area contributed by atoms with Gasteiger partial charge in [0.2, 0.25) is 0 Å². The van der Waals surface area contributed by atoms with Gasteiger partial charge in [-0.15, -0.1) is 0 Å². The van der Waals surface area contributed by atoms with Gasteiger partial charge in [0.05, 0.1) is 0 Å². The maximum Gasteiger partial charge on any atom is 0.00749 e. The normalized spacial score (nSPS) is 32.2. The molecule has 2 fully saturated rings. The fraction of sp³-hybridized carbons (Fsp3) is 1.00. The summed E-state index contributed by atoms with van der Waals surface area (Å²) in [6, 6.07) is 1.65. The van der Waals surface area contributed by atoms with Crippen molar-refractivity contribution in [3.63, 3.8) is 0 Å². The highest BCUT2D eigenvalue weighted by Crippen LogP contribution is 2.37. The summed E-state index contributed by atoms with van der Waals surface area (Å²) in [4.78, 5) is 0. The van der Waals surface area contributed by atoms with Gasteiger partial charge in [0.15, 0.2) is 0 Å². The number of hydrogen-bond acceptors (Lipinski definition) is 1. The Morgan fingerprint density at radius 1 is 0.812 bits per heavy atom. The standard InChI is InChI=1S/C15H29N/c1-15(2)11-10-14(12-15)16-13-8-6-4-3-5-7-9-13/h13-14,16H,3-12H2,1-2H3. The predicted octanol–water partition coefficient (Wildman–Crippen LogP) is 4.27. The lowest BCUT2D eigenvalue weighted by Gasteiger charge is -2.26. The van der Waals surface area contributed by atoms with Crippen LogP contribution in [0.5, 0.6) is 0 Å². The summed E-state index contributed by atoms with van der Waals surface area (Å²) in [5, 5.41) is 3.94. The molecule has 0 heterocycles. The molecule has 0 aromatic rings. The molecule has 2 saturated carbocycles. The topological polar surface area (TPSA) is 12.0 Å². The summed E-state index contributed by atoms with van der Waals surface area (Å²) in [6.07, 6.45) is 14.4. The zero-order valence-corrected chi connectivity index (χ0v) is 11.2. The zero-order chi connectivity index (χ0) is 11.4. The van der Waals surface area contributed by atoms with Crippen LogP contribution in [0.15, 0.2) is 0 Å². The first-order valence-electron chi connectivity index (χ1n) is 7.42. The van der Waals surface area contributed by atoms with Gasteiger partial charge < -0.3 is 5.32 Å². The molecule has 16 heavy (non-hydrogen) atoms. The highest BCUT2D eigenvalue weighted by atomic mass is 15.0. The molecule has 2 aliphatic carbocycles. The van der Waals surface area contributed by atoms with Crippen LogP contribution in [0, 0.1) is 5.41 Å². The highest BCUT2D eigenvalue weighted by Gasteiger charge is 2.31. The number of rotatable bonds is 2. The summed E-state index contributed by atoms with van der Waals surface area (Å²) < 4.78 is 0. The van der Waals surface area contributed by atoms with Gasteiger partial charge in [0, 0.05) is 12.1 Å². The molecule has 94 valence electrons. The van der Waals surface area contributed by atoms with Crippen molar-refractivity contribution in [3.05, 3.63) is 0 Å². The highest BCUT2D eigenvalue weighted by molar-refractivity contribution is 4.88. The second kappa shape index (κ2) is 5.53. The van der Waals surface area contributed by atoms with E-state index in [1.165, 1.54) is 64.2 Å². The van der Waals surface area contributed by atoms with Crippen LogP contribution >= 0.6 is 0 Å². The van der Waals surface area contributed by atoms with Crippen LogP contribution in [0.2, 0.25) is 0 Å². The van der Waals surface area contributed by atoms with Crippen molar-refractivity contribution in [1.29, 1.82) is 0 Å². The van der Waals surface area contributed by atoms with E-state index in [2.05, 4.69) is 19.2 Å². The lowest BCUT2D eigenvalue weighted by atomic mass is 9.91. The Morgan fingerprint density at radius 2 is 1.44 bits per heavy atom. The smallest absolute Gasteiger partial charge is 0.00749 e. The van der Waals surface area contributed by atoms with Gasteiger partial charge >= 0.3 is 0 Å². The predicted molar refractivity (Wildman–Crippen MR) is 70.7 cm³/mol. The SMILES string of the molecule is CC1(C)CCC(NC2CCCCCCC2)C1. The maximum atomic E-state index is 3.94. The maximum absolute atomic E-state index is 3.94. The van der Waals surface area contributed by atoms with E-state index < -0.39 is 0 Å². The Balaban J connectivity index is 1.75. The van der Waals surface area contributed by atoms with Crippen LogP contribution in [0.3, 0.4) is 0 Å². The Morgan fingerprint density at radius 3 is 2.00 bits per heavy atom. The van der Waals surface area contributed by atoms with Crippen LogP contribution < -0.4 is 5.32 Å². The van der Waals surface area contributed by atoms with E-state index in [0.29, 0.717) is 5.41 Å². The summed E-state index contributed by atoms with van der Waals surface area (Å²) in [6.45, 7) is 4.85. The summed E-state index contributed by atoms with van der Waals surface area (Å²) in [7, 11) is 0. The summed E-state index contributed by atoms with van der Waals surface area (Å²) in [5.74, 6) is 0. The Labute approximate surface area is 101 Å². The van der Waals surface area contributed by atoms with Crippen LogP contribution in [0.25, 0.3) is 0 Å². The van der Waals surface area contributed by atoms with E-state index >= 15 is 0 Å². The quantitative estimate of drug-likeness (QED) is 0.737. The molecule has 0 bridgehead atoms. The average Bonchev–Trinajstić information content (AvgIpc) is 2.50. The molecule has 2 aliphatic rings. The molecule has 1 heteroatoms. The van der Waals surface area contributed by atoms with Gasteiger partial charge in [-0.1, -0.05) is 46.0 Å². The largest absolute Gasteiger partial charge is 0.311 e. The third-order valence-electron chi connectivity index (χ3n) is 4.55. The molecular weight excluding hydrogens is 194 g/mol. The lowest BCUT2D eigenvalue weighted by molar-refractivity contribution is 0.324. The molecular formula is C15H29N. The minimum atomic E-state index is 0.597. The average molecular weight is 223 g/mol. The summed E-state index contributed by atoms with van der Waals surface area (Å²) in [5.41, 5.74) is 0.597. The molecule has 1 nitrogen and oxygen atoms in total. The summed E-state index contributed by atoms with van der Waals surface area (Å²) >= 11 is 0. The molecule has 0 spiro atoms. The van der Waals surface area contributed by atoms with Gasteiger partial charge in [-0.2, -0.15) is 0 Å². The first kappa shape index (κ1) is 12.4. The van der Waals surface area contributed by atoms with E-state index in [1.807, 2.05) is 0 Å². The molecule has 1 unspecified atom stereocenters. The molecule has 0 aliphatic heterocycles. The fourth-order valence-corrected chi connectivity index (χ4v) is 3.53. The third kappa shape index (κ3) is 3.76. The van der Waals surface area contributed by atoms with Crippen LogP contribution in [0.1, 0.15) is 78.1 Å². The first-order chi connectivity index (χ1) is 7.66. The molecule has 0 aromatic heterocycles. The number of hydrogen-bond donors (Lipinski definition) is 1. The third-order valence-corrected chi connectivity index (χ3v) is 4.55. The van der Waals surface area contributed by atoms with Crippen LogP contribution in [0.4, 0.5) is 0 Å². The molecule has 1 N–H and O–H groups in total. The van der Waals surface area contributed by atoms with Crippen molar-refractivity contribution < 1.29 is 0 Å². The number of nitrogens with one attached hydrogen (secondary N) is 1. The van der Waals surface area contributed by atoms with Crippen molar-refractivity contribution in [2.45, 2.75) is 90.1 Å². The lowest BCUT2D eigenvalue weighted by Crippen LogP contribution is -2.37. The monoisotopic (exact) mass is 223 g/mol. The van der Waals surface area contributed by atoms with Gasteiger partial charge in [-0.3, -0.25) is 0 Å². The van der Waals surface area contributed by atoms with Gasteiger partial charge in [-0.05, 0) is 37.5 Å². The second-order valence-corrected chi connectivity index (χ2v) is 6.81. The zero-order valence-electron chi connectivity index (χ0n) is 11.2. The minimum absolute atomic E-state index is 0.597. The van der Waals surface area contributed by atoms with Gasteiger partial charge in [0.1, 0.15) is 0 Å². The van der Waals surface area contributed by atoms with E-state index in [4.69, 9.17) is 0 Å². The van der Waals surface area contributed by atoms with Crippen molar-refractivity contribution >= 4 is 0 Å². The van der Waals surface area contributed by atoms with Crippen LogP contribution in [-0.4, -0.2) is 12.1 Å². The van der Waals surface area contributed by atoms with Gasteiger partial charge in [0.25, 0.3) is 0 Å². The second-order valence-electron chi connectivity index (χ2n) is 6.81. The van der Waals surface area contributed by atoms with Crippen molar-refractivity contribution in [2.75, 3.05) is 0 Å². The van der Waals surface area contributed by atoms with Crippen LogP contribution in [-0.2, 0) is 0 Å². The van der Waals surface area contributed by atoms with E-state index in [-0.39, 0.29) is 0 Å². The molecule has 2 rings (SSSR count). The molecule has 0 saturated heterocycles. The van der Waals surface area contributed by atoms with Gasteiger partial charge in [-0.25, -0.2) is 0 Å².